The molecule has 0 aromatic heterocycles. The zero-order valence-corrected chi connectivity index (χ0v) is 13.0. The first-order valence-corrected chi connectivity index (χ1v) is 7.72. The van der Waals surface area contributed by atoms with E-state index < -0.39 is 0 Å². The van der Waals surface area contributed by atoms with Crippen molar-refractivity contribution < 1.29 is 4.74 Å². The van der Waals surface area contributed by atoms with E-state index in [1.165, 1.54) is 11.1 Å². The molecule has 0 radical (unpaired) electrons. The van der Waals surface area contributed by atoms with Gasteiger partial charge in [-0.15, -0.1) is 11.6 Å². The topological polar surface area (TPSA) is 9.23 Å². The summed E-state index contributed by atoms with van der Waals surface area (Å²) >= 11 is 18.1. The Morgan fingerprint density at radius 1 is 1.15 bits per heavy atom. The van der Waals surface area contributed by atoms with Gasteiger partial charge in [-0.1, -0.05) is 47.5 Å². The van der Waals surface area contributed by atoms with Gasteiger partial charge in [-0.2, -0.15) is 0 Å². The molecule has 20 heavy (non-hydrogen) atoms. The molecule has 1 atom stereocenters. The first-order valence-electron chi connectivity index (χ1n) is 6.43. The van der Waals surface area contributed by atoms with Gasteiger partial charge in [0, 0.05) is 16.5 Å². The normalized spacial score (nSPS) is 16.4. The van der Waals surface area contributed by atoms with Crippen LogP contribution in [0.2, 0.25) is 10.0 Å². The van der Waals surface area contributed by atoms with E-state index in [2.05, 4.69) is 24.3 Å². The van der Waals surface area contributed by atoms with Crippen LogP contribution in [0.25, 0.3) is 0 Å². The lowest BCUT2D eigenvalue weighted by molar-refractivity contribution is 0.273. The average Bonchev–Trinajstić information content (AvgIpc) is 2.41. The van der Waals surface area contributed by atoms with Crippen molar-refractivity contribution >= 4 is 34.8 Å². The van der Waals surface area contributed by atoms with Gasteiger partial charge in [0.25, 0.3) is 0 Å². The zero-order valence-electron chi connectivity index (χ0n) is 10.7. The Morgan fingerprint density at radius 3 is 2.70 bits per heavy atom. The minimum Gasteiger partial charge on any atom is -0.491 e. The summed E-state index contributed by atoms with van der Waals surface area (Å²) in [4.78, 5) is 0. The molecule has 0 amide bonds. The summed E-state index contributed by atoms with van der Waals surface area (Å²) in [5, 5.41) is 1.09. The molecule has 1 unspecified atom stereocenters. The predicted molar refractivity (Wildman–Crippen MR) is 84.4 cm³/mol. The molecule has 4 heteroatoms. The Morgan fingerprint density at radius 2 is 1.95 bits per heavy atom. The standard InChI is InChI=1S/C16H13Cl3O/c17-8-11-6-13(18)7-15(19)16(11)20-9-12-5-10-3-1-2-4-14(10)12/h1-4,6-7,12H,5,8-9H2. The molecule has 2 aromatic carbocycles. The molecule has 1 aliphatic carbocycles. The van der Waals surface area contributed by atoms with Crippen LogP contribution in [0, 0.1) is 0 Å². The summed E-state index contributed by atoms with van der Waals surface area (Å²) in [6, 6.07) is 11.9. The maximum absolute atomic E-state index is 6.19. The van der Waals surface area contributed by atoms with E-state index in [1.54, 1.807) is 12.1 Å². The fourth-order valence-electron chi connectivity index (χ4n) is 2.57. The number of ether oxygens (including phenoxy) is 1. The average molecular weight is 328 g/mol. The SMILES string of the molecule is ClCc1cc(Cl)cc(Cl)c1OCC1Cc2ccccc21. The molecule has 1 nitrogen and oxygen atoms in total. The number of fused-ring (bicyclic) bond motifs is 1. The van der Waals surface area contributed by atoms with Crippen LogP contribution in [0.3, 0.4) is 0 Å². The third-order valence-electron chi connectivity index (χ3n) is 3.62. The van der Waals surface area contributed by atoms with Crippen molar-refractivity contribution in [2.75, 3.05) is 6.61 Å². The van der Waals surface area contributed by atoms with Gasteiger partial charge in [-0.05, 0) is 29.7 Å². The smallest absolute Gasteiger partial charge is 0.142 e. The monoisotopic (exact) mass is 326 g/mol. The Hall–Kier alpha value is -0.890. The maximum Gasteiger partial charge on any atom is 0.142 e. The maximum atomic E-state index is 6.19. The van der Waals surface area contributed by atoms with Gasteiger partial charge in [-0.25, -0.2) is 0 Å². The van der Waals surface area contributed by atoms with Crippen molar-refractivity contribution in [3.63, 3.8) is 0 Å². The Labute approximate surface area is 133 Å². The van der Waals surface area contributed by atoms with Gasteiger partial charge < -0.3 is 4.74 Å². The quantitative estimate of drug-likeness (QED) is 0.678. The minimum absolute atomic E-state index is 0.330. The summed E-state index contributed by atoms with van der Waals surface area (Å²) < 4.78 is 5.90. The van der Waals surface area contributed by atoms with Crippen LogP contribution in [0.4, 0.5) is 0 Å². The zero-order chi connectivity index (χ0) is 14.1. The highest BCUT2D eigenvalue weighted by molar-refractivity contribution is 6.36. The summed E-state index contributed by atoms with van der Waals surface area (Å²) in [5.41, 5.74) is 3.60. The molecule has 0 saturated heterocycles. The first kappa shape index (κ1) is 14.1. The second-order valence-corrected chi connectivity index (χ2v) is 6.03. The van der Waals surface area contributed by atoms with E-state index in [0.717, 1.165) is 12.0 Å². The predicted octanol–water partition coefficient (Wildman–Crippen LogP) is 5.45. The van der Waals surface area contributed by atoms with Gasteiger partial charge in [0.1, 0.15) is 5.75 Å². The van der Waals surface area contributed by atoms with Crippen LogP contribution in [0.15, 0.2) is 36.4 Å². The molecule has 104 valence electrons. The lowest BCUT2D eigenvalue weighted by atomic mass is 9.78. The van der Waals surface area contributed by atoms with E-state index in [4.69, 9.17) is 39.5 Å². The largest absolute Gasteiger partial charge is 0.491 e. The minimum atomic E-state index is 0.330. The van der Waals surface area contributed by atoms with E-state index in [9.17, 15) is 0 Å². The van der Waals surface area contributed by atoms with Crippen LogP contribution in [0.5, 0.6) is 5.75 Å². The fourth-order valence-corrected chi connectivity index (χ4v) is 3.36. The van der Waals surface area contributed by atoms with Gasteiger partial charge in [0.15, 0.2) is 0 Å². The van der Waals surface area contributed by atoms with Crippen molar-refractivity contribution in [1.29, 1.82) is 0 Å². The molecule has 0 heterocycles. The van der Waals surface area contributed by atoms with Crippen molar-refractivity contribution in [3.8, 4) is 5.75 Å². The molecule has 2 aromatic rings. The van der Waals surface area contributed by atoms with Gasteiger partial charge in [0.05, 0.1) is 17.5 Å². The van der Waals surface area contributed by atoms with Crippen molar-refractivity contribution in [3.05, 3.63) is 63.1 Å². The number of hydrogen-bond donors (Lipinski definition) is 0. The molecular formula is C16H13Cl3O. The molecule has 0 bridgehead atoms. The molecule has 3 rings (SSSR count). The lowest BCUT2D eigenvalue weighted by Gasteiger charge is -2.30. The summed E-state index contributed by atoms with van der Waals surface area (Å²) in [6.45, 7) is 0.613. The van der Waals surface area contributed by atoms with Crippen LogP contribution < -0.4 is 4.74 Å². The highest BCUT2D eigenvalue weighted by Gasteiger charge is 2.26. The summed E-state index contributed by atoms with van der Waals surface area (Å²) in [7, 11) is 0. The molecule has 0 saturated carbocycles. The summed E-state index contributed by atoms with van der Waals surface area (Å²) in [6.07, 6.45) is 1.05. The Kier molecular flexibility index (Phi) is 4.11. The molecule has 1 aliphatic rings. The van der Waals surface area contributed by atoms with Crippen molar-refractivity contribution in [2.24, 2.45) is 0 Å². The number of alkyl halides is 1. The summed E-state index contributed by atoms with van der Waals surface area (Å²) in [5.74, 6) is 1.41. The van der Waals surface area contributed by atoms with E-state index in [0.29, 0.717) is 34.2 Å². The van der Waals surface area contributed by atoms with Crippen LogP contribution in [0.1, 0.15) is 22.6 Å². The molecule has 0 fully saturated rings. The number of rotatable bonds is 4. The van der Waals surface area contributed by atoms with Crippen molar-refractivity contribution in [1.82, 2.24) is 0 Å². The number of benzene rings is 2. The molecule has 0 N–H and O–H groups in total. The lowest BCUT2D eigenvalue weighted by Crippen LogP contribution is -2.23. The van der Waals surface area contributed by atoms with E-state index in [-0.39, 0.29) is 0 Å². The third-order valence-corrected chi connectivity index (χ3v) is 4.41. The molecular weight excluding hydrogens is 315 g/mol. The molecule has 0 spiro atoms. The Bertz CT molecular complexity index is 640. The number of halogens is 3. The van der Waals surface area contributed by atoms with Gasteiger partial charge in [0.2, 0.25) is 0 Å². The van der Waals surface area contributed by atoms with Crippen LogP contribution in [-0.4, -0.2) is 6.61 Å². The van der Waals surface area contributed by atoms with Crippen LogP contribution in [-0.2, 0) is 12.3 Å². The highest BCUT2D eigenvalue weighted by atomic mass is 35.5. The van der Waals surface area contributed by atoms with E-state index in [1.807, 2.05) is 0 Å². The first-order chi connectivity index (χ1) is 9.69. The highest BCUT2D eigenvalue weighted by Crippen LogP contribution is 2.38. The van der Waals surface area contributed by atoms with Crippen LogP contribution >= 0.6 is 34.8 Å². The second-order valence-electron chi connectivity index (χ2n) is 4.92. The fraction of sp³-hybridized carbons (Fsp3) is 0.250. The van der Waals surface area contributed by atoms with Gasteiger partial charge in [-0.3, -0.25) is 0 Å². The molecule has 0 aliphatic heterocycles. The Balaban J connectivity index is 1.74. The number of hydrogen-bond acceptors (Lipinski definition) is 1. The van der Waals surface area contributed by atoms with E-state index >= 15 is 0 Å². The van der Waals surface area contributed by atoms with Gasteiger partial charge >= 0.3 is 0 Å². The third kappa shape index (κ3) is 2.63. The second kappa shape index (κ2) is 5.85. The van der Waals surface area contributed by atoms with Crippen molar-refractivity contribution in [2.45, 2.75) is 18.2 Å².